The van der Waals surface area contributed by atoms with Crippen LogP contribution in [0.3, 0.4) is 0 Å². The first-order valence-electron chi connectivity index (χ1n) is 6.62. The van der Waals surface area contributed by atoms with Crippen LogP contribution in [-0.2, 0) is 6.42 Å². The van der Waals surface area contributed by atoms with Crippen LogP contribution in [0.25, 0.3) is 0 Å². The number of rotatable bonds is 6. The molecule has 1 aliphatic carbocycles. The highest BCUT2D eigenvalue weighted by atomic mass is 14.9. The van der Waals surface area contributed by atoms with E-state index in [1.807, 2.05) is 0 Å². The van der Waals surface area contributed by atoms with Crippen LogP contribution in [0.2, 0.25) is 0 Å². The molecule has 1 saturated carbocycles. The first-order chi connectivity index (χ1) is 7.81. The van der Waals surface area contributed by atoms with Gasteiger partial charge in [0, 0.05) is 6.04 Å². The summed E-state index contributed by atoms with van der Waals surface area (Å²) >= 11 is 0. The highest BCUT2D eigenvalue weighted by molar-refractivity contribution is 5.33. The summed E-state index contributed by atoms with van der Waals surface area (Å²) in [4.78, 5) is 0. The van der Waals surface area contributed by atoms with Crippen molar-refractivity contribution < 1.29 is 0 Å². The summed E-state index contributed by atoms with van der Waals surface area (Å²) in [5, 5.41) is 3.48. The fourth-order valence-electron chi connectivity index (χ4n) is 2.38. The molecule has 0 amide bonds. The SMILES string of the molecule is CCNC(C)CCc1ccccc1C1CC1. The highest BCUT2D eigenvalue weighted by Crippen LogP contribution is 2.41. The van der Waals surface area contributed by atoms with Gasteiger partial charge in [-0.3, -0.25) is 0 Å². The van der Waals surface area contributed by atoms with E-state index < -0.39 is 0 Å². The molecule has 1 atom stereocenters. The van der Waals surface area contributed by atoms with Crippen molar-refractivity contribution in [3.63, 3.8) is 0 Å². The first-order valence-corrected chi connectivity index (χ1v) is 6.62. The third-order valence-electron chi connectivity index (χ3n) is 3.47. The Kier molecular flexibility index (Phi) is 4.00. The summed E-state index contributed by atoms with van der Waals surface area (Å²) in [5.41, 5.74) is 3.20. The van der Waals surface area contributed by atoms with E-state index in [4.69, 9.17) is 0 Å². The van der Waals surface area contributed by atoms with Crippen LogP contribution >= 0.6 is 0 Å². The lowest BCUT2D eigenvalue weighted by molar-refractivity contribution is 0.530. The third-order valence-corrected chi connectivity index (χ3v) is 3.47. The van der Waals surface area contributed by atoms with Crippen LogP contribution in [0, 0.1) is 0 Å². The number of hydrogen-bond acceptors (Lipinski definition) is 1. The Bertz CT molecular complexity index is 328. The van der Waals surface area contributed by atoms with Gasteiger partial charge in [-0.05, 0) is 56.2 Å². The average molecular weight is 217 g/mol. The zero-order valence-corrected chi connectivity index (χ0v) is 10.5. The van der Waals surface area contributed by atoms with E-state index in [1.165, 1.54) is 25.7 Å². The van der Waals surface area contributed by atoms with Crippen molar-refractivity contribution >= 4 is 0 Å². The van der Waals surface area contributed by atoms with Gasteiger partial charge in [-0.1, -0.05) is 31.2 Å². The molecule has 1 fully saturated rings. The monoisotopic (exact) mass is 217 g/mol. The van der Waals surface area contributed by atoms with E-state index in [2.05, 4.69) is 43.4 Å². The van der Waals surface area contributed by atoms with Crippen LogP contribution < -0.4 is 5.32 Å². The van der Waals surface area contributed by atoms with Crippen molar-refractivity contribution in [2.24, 2.45) is 0 Å². The summed E-state index contributed by atoms with van der Waals surface area (Å²) in [5.74, 6) is 0.880. The molecular weight excluding hydrogens is 194 g/mol. The van der Waals surface area contributed by atoms with Gasteiger partial charge in [-0.25, -0.2) is 0 Å². The van der Waals surface area contributed by atoms with E-state index in [0.29, 0.717) is 6.04 Å². The number of nitrogens with one attached hydrogen (secondary N) is 1. The molecule has 1 aromatic carbocycles. The lowest BCUT2D eigenvalue weighted by Gasteiger charge is -2.14. The molecule has 88 valence electrons. The van der Waals surface area contributed by atoms with Gasteiger partial charge in [-0.2, -0.15) is 0 Å². The molecular formula is C15H23N. The lowest BCUT2D eigenvalue weighted by Crippen LogP contribution is -2.26. The van der Waals surface area contributed by atoms with E-state index >= 15 is 0 Å². The second kappa shape index (κ2) is 5.49. The predicted octanol–water partition coefficient (Wildman–Crippen LogP) is 3.49. The molecule has 2 rings (SSSR count). The maximum Gasteiger partial charge on any atom is 0.00417 e. The quantitative estimate of drug-likeness (QED) is 0.769. The van der Waals surface area contributed by atoms with Gasteiger partial charge in [0.05, 0.1) is 0 Å². The first kappa shape index (κ1) is 11.7. The summed E-state index contributed by atoms with van der Waals surface area (Å²) in [6, 6.07) is 9.64. The highest BCUT2D eigenvalue weighted by Gasteiger charge is 2.25. The van der Waals surface area contributed by atoms with Crippen LogP contribution in [0.4, 0.5) is 0 Å². The molecule has 16 heavy (non-hydrogen) atoms. The van der Waals surface area contributed by atoms with Crippen molar-refractivity contribution in [3.8, 4) is 0 Å². The molecule has 1 aromatic rings. The van der Waals surface area contributed by atoms with E-state index in [1.54, 1.807) is 11.1 Å². The Balaban J connectivity index is 1.93. The summed E-state index contributed by atoms with van der Waals surface area (Å²) < 4.78 is 0. The van der Waals surface area contributed by atoms with Crippen molar-refractivity contribution in [1.29, 1.82) is 0 Å². The minimum atomic E-state index is 0.636. The summed E-state index contributed by atoms with van der Waals surface area (Å²) in [7, 11) is 0. The number of hydrogen-bond donors (Lipinski definition) is 1. The minimum Gasteiger partial charge on any atom is -0.315 e. The molecule has 0 aromatic heterocycles. The number of aryl methyl sites for hydroxylation is 1. The van der Waals surface area contributed by atoms with Gasteiger partial charge >= 0.3 is 0 Å². The second-order valence-corrected chi connectivity index (χ2v) is 4.97. The molecule has 0 bridgehead atoms. The standard InChI is InChI=1S/C15H23N/c1-3-16-12(2)8-9-13-6-4-5-7-15(13)14-10-11-14/h4-7,12,14,16H,3,8-11H2,1-2H3. The zero-order valence-electron chi connectivity index (χ0n) is 10.5. The second-order valence-electron chi connectivity index (χ2n) is 4.97. The molecule has 0 spiro atoms. The van der Waals surface area contributed by atoms with Crippen molar-refractivity contribution in [3.05, 3.63) is 35.4 Å². The maximum atomic E-state index is 3.48. The minimum absolute atomic E-state index is 0.636. The van der Waals surface area contributed by atoms with Gasteiger partial charge in [0.25, 0.3) is 0 Å². The fraction of sp³-hybridized carbons (Fsp3) is 0.600. The molecule has 1 heteroatoms. The van der Waals surface area contributed by atoms with E-state index in [-0.39, 0.29) is 0 Å². The molecule has 0 saturated heterocycles. The zero-order chi connectivity index (χ0) is 11.4. The molecule has 1 N–H and O–H groups in total. The molecule has 0 aliphatic heterocycles. The van der Waals surface area contributed by atoms with Crippen LogP contribution in [-0.4, -0.2) is 12.6 Å². The van der Waals surface area contributed by atoms with Crippen LogP contribution in [0.1, 0.15) is 50.2 Å². The van der Waals surface area contributed by atoms with Gasteiger partial charge < -0.3 is 5.32 Å². The molecule has 1 unspecified atom stereocenters. The van der Waals surface area contributed by atoms with Gasteiger partial charge in [0.2, 0.25) is 0 Å². The van der Waals surface area contributed by atoms with E-state index in [9.17, 15) is 0 Å². The average Bonchev–Trinajstić information content (AvgIpc) is 3.11. The van der Waals surface area contributed by atoms with Crippen molar-refractivity contribution in [2.75, 3.05) is 6.54 Å². The van der Waals surface area contributed by atoms with Crippen LogP contribution in [0.15, 0.2) is 24.3 Å². The Morgan fingerprint density at radius 1 is 1.31 bits per heavy atom. The molecule has 1 nitrogen and oxygen atoms in total. The lowest BCUT2D eigenvalue weighted by atomic mass is 9.98. The molecule has 0 heterocycles. The predicted molar refractivity (Wildman–Crippen MR) is 69.9 cm³/mol. The smallest absolute Gasteiger partial charge is 0.00417 e. The summed E-state index contributed by atoms with van der Waals surface area (Å²) in [6.07, 6.45) is 5.28. The Morgan fingerprint density at radius 3 is 2.75 bits per heavy atom. The Hall–Kier alpha value is -0.820. The maximum absolute atomic E-state index is 3.48. The summed E-state index contributed by atoms with van der Waals surface area (Å²) in [6.45, 7) is 5.53. The van der Waals surface area contributed by atoms with Crippen molar-refractivity contribution in [2.45, 2.75) is 51.5 Å². The molecule has 1 aliphatic rings. The Morgan fingerprint density at radius 2 is 2.06 bits per heavy atom. The van der Waals surface area contributed by atoms with Crippen molar-refractivity contribution in [1.82, 2.24) is 5.32 Å². The number of benzene rings is 1. The van der Waals surface area contributed by atoms with Crippen LogP contribution in [0.5, 0.6) is 0 Å². The van der Waals surface area contributed by atoms with Gasteiger partial charge in [0.15, 0.2) is 0 Å². The third kappa shape index (κ3) is 3.08. The van der Waals surface area contributed by atoms with Gasteiger partial charge in [0.1, 0.15) is 0 Å². The Labute approximate surface area is 99.3 Å². The van der Waals surface area contributed by atoms with E-state index in [0.717, 1.165) is 12.5 Å². The normalized spacial score (nSPS) is 17.4. The topological polar surface area (TPSA) is 12.0 Å². The largest absolute Gasteiger partial charge is 0.315 e. The van der Waals surface area contributed by atoms with Gasteiger partial charge in [-0.15, -0.1) is 0 Å². The fourth-order valence-corrected chi connectivity index (χ4v) is 2.38. The molecule has 0 radical (unpaired) electrons.